The van der Waals surface area contributed by atoms with Gasteiger partial charge in [0.2, 0.25) is 0 Å². The van der Waals surface area contributed by atoms with E-state index in [0.29, 0.717) is 17.7 Å². The number of hydrogen-bond acceptors (Lipinski definition) is 3. The number of hydrogen-bond donors (Lipinski definition) is 2. The number of benzene rings is 1. The van der Waals surface area contributed by atoms with Crippen LogP contribution in [-0.4, -0.2) is 22.6 Å². The molecule has 0 saturated carbocycles. The monoisotopic (exact) mass is 280 g/mol. The van der Waals surface area contributed by atoms with Crippen LogP contribution in [0.4, 0.5) is 0 Å². The van der Waals surface area contributed by atoms with Crippen molar-refractivity contribution in [2.24, 2.45) is 0 Å². The topological polar surface area (TPSA) is 62.2 Å². The van der Waals surface area contributed by atoms with Crippen molar-refractivity contribution in [1.29, 1.82) is 0 Å². The average Bonchev–Trinajstić information content (AvgIpc) is 2.53. The van der Waals surface area contributed by atoms with E-state index in [-0.39, 0.29) is 12.5 Å². The number of nitrogens with one attached hydrogen (secondary N) is 1. The molecular weight excluding hydrogens is 264 g/mol. The number of amides is 1. The summed E-state index contributed by atoms with van der Waals surface area (Å²) in [6, 6.07) is 9.13. The van der Waals surface area contributed by atoms with Crippen LogP contribution in [0.3, 0.4) is 0 Å². The molecule has 1 aromatic carbocycles. The Bertz CT molecular complexity index is 685. The van der Waals surface area contributed by atoms with Gasteiger partial charge in [0, 0.05) is 30.1 Å². The predicted octanol–water partition coefficient (Wildman–Crippen LogP) is 1.66. The summed E-state index contributed by atoms with van der Waals surface area (Å²) in [6.45, 7) is 2.13. The van der Waals surface area contributed by atoms with E-state index in [1.54, 1.807) is 18.5 Å². The first-order valence-corrected chi connectivity index (χ1v) is 6.58. The first-order valence-electron chi connectivity index (χ1n) is 6.58. The fraction of sp³-hybridized carbons (Fsp3) is 0.176. The van der Waals surface area contributed by atoms with Crippen molar-refractivity contribution in [2.45, 2.75) is 13.5 Å². The molecule has 0 fully saturated rings. The number of pyridine rings is 1. The van der Waals surface area contributed by atoms with Gasteiger partial charge in [-0.2, -0.15) is 0 Å². The highest BCUT2D eigenvalue weighted by molar-refractivity contribution is 5.95. The van der Waals surface area contributed by atoms with Gasteiger partial charge < -0.3 is 10.4 Å². The largest absolute Gasteiger partial charge is 0.384 e. The van der Waals surface area contributed by atoms with Crippen LogP contribution < -0.4 is 5.32 Å². The van der Waals surface area contributed by atoms with Gasteiger partial charge in [-0.1, -0.05) is 17.9 Å². The number of aromatic nitrogens is 1. The van der Waals surface area contributed by atoms with Gasteiger partial charge in [-0.05, 0) is 42.3 Å². The van der Waals surface area contributed by atoms with Gasteiger partial charge in [-0.3, -0.25) is 9.78 Å². The van der Waals surface area contributed by atoms with Crippen LogP contribution in [0.15, 0.2) is 42.7 Å². The summed E-state index contributed by atoms with van der Waals surface area (Å²) in [5.41, 5.74) is 3.18. The molecule has 2 N–H and O–H groups in total. The summed E-state index contributed by atoms with van der Waals surface area (Å²) in [7, 11) is 0. The van der Waals surface area contributed by atoms with Gasteiger partial charge in [0.1, 0.15) is 6.61 Å². The number of nitrogens with zero attached hydrogens (tertiary/aromatic N) is 1. The van der Waals surface area contributed by atoms with Gasteiger partial charge in [-0.25, -0.2) is 0 Å². The molecule has 0 aliphatic rings. The molecule has 0 bridgehead atoms. The molecule has 0 aliphatic heterocycles. The van der Waals surface area contributed by atoms with Crippen LogP contribution in [0.1, 0.15) is 27.0 Å². The summed E-state index contributed by atoms with van der Waals surface area (Å²) in [5.74, 6) is 5.24. The first kappa shape index (κ1) is 14.8. The van der Waals surface area contributed by atoms with E-state index < -0.39 is 0 Å². The fourth-order valence-corrected chi connectivity index (χ4v) is 1.86. The van der Waals surface area contributed by atoms with Crippen LogP contribution in [-0.2, 0) is 6.54 Å². The summed E-state index contributed by atoms with van der Waals surface area (Å²) in [4.78, 5) is 16.2. The van der Waals surface area contributed by atoms with Gasteiger partial charge in [0.15, 0.2) is 0 Å². The zero-order chi connectivity index (χ0) is 15.1. The van der Waals surface area contributed by atoms with Crippen molar-refractivity contribution in [3.63, 3.8) is 0 Å². The molecule has 0 radical (unpaired) electrons. The predicted molar refractivity (Wildman–Crippen MR) is 80.6 cm³/mol. The van der Waals surface area contributed by atoms with Crippen LogP contribution in [0, 0.1) is 18.8 Å². The molecule has 1 heterocycles. The molecule has 0 aliphatic carbocycles. The lowest BCUT2D eigenvalue weighted by Crippen LogP contribution is -2.23. The molecule has 1 amide bonds. The second kappa shape index (κ2) is 7.22. The maximum atomic E-state index is 12.2. The number of aliphatic hydroxyl groups excluding tert-OH is 1. The third-order valence-corrected chi connectivity index (χ3v) is 3.00. The quantitative estimate of drug-likeness (QED) is 0.841. The Morgan fingerprint density at radius 1 is 1.29 bits per heavy atom. The van der Waals surface area contributed by atoms with E-state index >= 15 is 0 Å². The number of aliphatic hydroxyl groups is 1. The van der Waals surface area contributed by atoms with Crippen molar-refractivity contribution in [1.82, 2.24) is 10.3 Å². The molecule has 4 heteroatoms. The molecule has 0 atom stereocenters. The number of rotatable bonds is 3. The minimum Gasteiger partial charge on any atom is -0.384 e. The van der Waals surface area contributed by atoms with E-state index in [2.05, 4.69) is 22.1 Å². The Hall–Kier alpha value is -2.64. The molecule has 106 valence electrons. The van der Waals surface area contributed by atoms with Crippen LogP contribution >= 0.6 is 0 Å². The SMILES string of the molecule is Cc1ccc(C#CCO)cc1C(=O)NCc1ccncc1. The Labute approximate surface area is 123 Å². The minimum absolute atomic E-state index is 0.142. The van der Waals surface area contributed by atoms with Gasteiger partial charge in [0.05, 0.1) is 0 Å². The molecule has 0 saturated heterocycles. The summed E-state index contributed by atoms with van der Waals surface area (Å²) < 4.78 is 0. The lowest BCUT2D eigenvalue weighted by molar-refractivity contribution is 0.0950. The number of aryl methyl sites for hydroxylation is 1. The van der Waals surface area contributed by atoms with Crippen molar-refractivity contribution < 1.29 is 9.90 Å². The highest BCUT2D eigenvalue weighted by atomic mass is 16.2. The van der Waals surface area contributed by atoms with Crippen LogP contribution in [0.2, 0.25) is 0 Å². The second-order valence-corrected chi connectivity index (χ2v) is 4.53. The van der Waals surface area contributed by atoms with E-state index in [4.69, 9.17) is 5.11 Å². The normalized spacial score (nSPS) is 9.62. The molecule has 0 unspecified atom stereocenters. The molecule has 21 heavy (non-hydrogen) atoms. The lowest BCUT2D eigenvalue weighted by atomic mass is 10.0. The van der Waals surface area contributed by atoms with Crippen LogP contribution in [0.25, 0.3) is 0 Å². The maximum Gasteiger partial charge on any atom is 0.251 e. The smallest absolute Gasteiger partial charge is 0.251 e. The Kier molecular flexibility index (Phi) is 5.08. The highest BCUT2D eigenvalue weighted by Gasteiger charge is 2.09. The maximum absolute atomic E-state index is 12.2. The first-order chi connectivity index (χ1) is 10.2. The van der Waals surface area contributed by atoms with Gasteiger partial charge >= 0.3 is 0 Å². The van der Waals surface area contributed by atoms with E-state index in [1.807, 2.05) is 31.2 Å². The van der Waals surface area contributed by atoms with Crippen molar-refractivity contribution >= 4 is 5.91 Å². The standard InChI is InChI=1S/C17H16N2O2/c1-13-4-5-14(3-2-10-20)11-16(13)17(21)19-12-15-6-8-18-9-7-15/h4-9,11,20H,10,12H2,1H3,(H,19,21). The molecular formula is C17H16N2O2. The fourth-order valence-electron chi connectivity index (χ4n) is 1.86. The third-order valence-electron chi connectivity index (χ3n) is 3.00. The molecule has 0 spiro atoms. The van der Waals surface area contributed by atoms with Gasteiger partial charge in [0.25, 0.3) is 5.91 Å². The number of carbonyl (C=O) groups is 1. The lowest BCUT2D eigenvalue weighted by Gasteiger charge is -2.08. The molecule has 2 rings (SSSR count). The van der Waals surface area contributed by atoms with E-state index in [0.717, 1.165) is 11.1 Å². The highest BCUT2D eigenvalue weighted by Crippen LogP contribution is 2.11. The summed E-state index contributed by atoms with van der Waals surface area (Å²) in [6.07, 6.45) is 3.38. The van der Waals surface area contributed by atoms with E-state index in [9.17, 15) is 4.79 Å². The number of carbonyl (C=O) groups excluding carboxylic acids is 1. The summed E-state index contributed by atoms with van der Waals surface area (Å²) >= 11 is 0. The summed E-state index contributed by atoms with van der Waals surface area (Å²) in [5, 5.41) is 11.6. The molecule has 2 aromatic rings. The third kappa shape index (κ3) is 4.16. The zero-order valence-electron chi connectivity index (χ0n) is 11.8. The average molecular weight is 280 g/mol. The molecule has 4 nitrogen and oxygen atoms in total. The zero-order valence-corrected chi connectivity index (χ0v) is 11.8. The molecule has 1 aromatic heterocycles. The minimum atomic E-state index is -0.197. The van der Waals surface area contributed by atoms with Gasteiger partial charge in [-0.15, -0.1) is 0 Å². The van der Waals surface area contributed by atoms with Crippen molar-refractivity contribution in [2.75, 3.05) is 6.61 Å². The Balaban J connectivity index is 2.11. The van der Waals surface area contributed by atoms with Crippen molar-refractivity contribution in [3.8, 4) is 11.8 Å². The van der Waals surface area contributed by atoms with Crippen molar-refractivity contribution in [3.05, 3.63) is 65.0 Å². The Morgan fingerprint density at radius 3 is 2.76 bits per heavy atom. The van der Waals surface area contributed by atoms with Crippen LogP contribution in [0.5, 0.6) is 0 Å². The Morgan fingerprint density at radius 2 is 2.05 bits per heavy atom. The van der Waals surface area contributed by atoms with E-state index in [1.165, 1.54) is 0 Å². The second-order valence-electron chi connectivity index (χ2n) is 4.53.